The summed E-state index contributed by atoms with van der Waals surface area (Å²) in [4.78, 5) is 4.00. The number of aryl methyl sites for hydroxylation is 1. The zero-order chi connectivity index (χ0) is 12.6. The second kappa shape index (κ2) is 5.83. The highest BCUT2D eigenvalue weighted by Gasteiger charge is 2.34. The quantitative estimate of drug-likeness (QED) is 0.911. The van der Waals surface area contributed by atoms with Crippen LogP contribution in [0, 0.1) is 12.8 Å². The fourth-order valence-electron chi connectivity index (χ4n) is 1.99. The van der Waals surface area contributed by atoms with Crippen LogP contribution in [0.15, 0.2) is 10.4 Å². The Hall–Kier alpha value is -0.210. The van der Waals surface area contributed by atoms with Crippen LogP contribution in [0.1, 0.15) is 18.4 Å². The maximum atomic E-state index is 12.3. The Kier molecular flexibility index (Phi) is 5.13. The largest absolute Gasteiger partial charge is 0.328 e. The number of rotatable bonds is 3. The van der Waals surface area contributed by atoms with E-state index in [4.69, 9.17) is 5.73 Å². The van der Waals surface area contributed by atoms with E-state index in [9.17, 15) is 8.42 Å². The number of halogens is 1. The second-order valence-electron chi connectivity index (χ2n) is 4.47. The van der Waals surface area contributed by atoms with Gasteiger partial charge in [0.2, 0.25) is 0 Å². The molecule has 18 heavy (non-hydrogen) atoms. The van der Waals surface area contributed by atoms with E-state index in [-0.39, 0.29) is 24.4 Å². The molecule has 1 aliphatic rings. The van der Waals surface area contributed by atoms with Gasteiger partial charge in [0.25, 0.3) is 10.0 Å². The third-order valence-corrected chi connectivity index (χ3v) is 6.34. The molecule has 0 aliphatic carbocycles. The summed E-state index contributed by atoms with van der Waals surface area (Å²) in [6.07, 6.45) is 2.28. The van der Waals surface area contributed by atoms with Crippen LogP contribution in [0.2, 0.25) is 0 Å². The molecule has 0 saturated carbocycles. The van der Waals surface area contributed by atoms with Gasteiger partial charge in [-0.05, 0) is 26.2 Å². The molecule has 0 radical (unpaired) electrons. The highest BCUT2D eigenvalue weighted by Crippen LogP contribution is 2.28. The van der Waals surface area contributed by atoms with Crippen molar-refractivity contribution in [2.75, 3.05) is 13.1 Å². The first-order valence-electron chi connectivity index (χ1n) is 5.59. The van der Waals surface area contributed by atoms with Crippen LogP contribution in [-0.4, -0.2) is 36.8 Å². The number of thiazole rings is 1. The summed E-state index contributed by atoms with van der Waals surface area (Å²) >= 11 is 1.22. The predicted octanol–water partition coefficient (Wildman–Crippen LogP) is 1.23. The lowest BCUT2D eigenvalue weighted by atomic mass is 10.0. The molecule has 0 amide bonds. The van der Waals surface area contributed by atoms with E-state index >= 15 is 0 Å². The van der Waals surface area contributed by atoms with Gasteiger partial charge in [0.1, 0.15) is 0 Å². The van der Waals surface area contributed by atoms with Crippen LogP contribution in [0.25, 0.3) is 0 Å². The molecule has 2 unspecified atom stereocenters. The van der Waals surface area contributed by atoms with E-state index in [2.05, 4.69) is 4.98 Å². The molecule has 2 atom stereocenters. The third kappa shape index (κ3) is 3.03. The zero-order valence-corrected chi connectivity index (χ0v) is 12.8. The Morgan fingerprint density at radius 2 is 2.28 bits per heavy atom. The van der Waals surface area contributed by atoms with Crippen molar-refractivity contribution < 1.29 is 8.42 Å². The number of nitrogens with zero attached hydrogens (tertiary/aromatic N) is 2. The molecular weight excluding hydrogens is 294 g/mol. The molecule has 0 bridgehead atoms. The average molecular weight is 312 g/mol. The summed E-state index contributed by atoms with van der Waals surface area (Å²) in [7, 11) is -3.35. The third-order valence-electron chi connectivity index (χ3n) is 3.13. The minimum Gasteiger partial charge on any atom is -0.328 e. The van der Waals surface area contributed by atoms with Crippen molar-refractivity contribution >= 4 is 33.8 Å². The fourth-order valence-corrected chi connectivity index (χ4v) is 4.76. The summed E-state index contributed by atoms with van der Waals surface area (Å²) in [5.41, 5.74) is 5.81. The first-order chi connectivity index (χ1) is 7.91. The van der Waals surface area contributed by atoms with Gasteiger partial charge in [0, 0.05) is 19.1 Å². The van der Waals surface area contributed by atoms with Crippen molar-refractivity contribution in [2.24, 2.45) is 11.7 Å². The second-order valence-corrected chi connectivity index (χ2v) is 7.87. The molecule has 1 aliphatic heterocycles. The molecule has 2 rings (SSSR count). The van der Waals surface area contributed by atoms with Crippen molar-refractivity contribution in [3.63, 3.8) is 0 Å². The monoisotopic (exact) mass is 311 g/mol. The topological polar surface area (TPSA) is 76.3 Å². The maximum absolute atomic E-state index is 12.3. The molecule has 1 aromatic heterocycles. The van der Waals surface area contributed by atoms with Gasteiger partial charge < -0.3 is 5.73 Å². The Labute approximate surface area is 118 Å². The highest BCUT2D eigenvalue weighted by atomic mass is 35.5. The van der Waals surface area contributed by atoms with E-state index in [0.717, 1.165) is 11.4 Å². The molecule has 0 aromatic carbocycles. The van der Waals surface area contributed by atoms with Gasteiger partial charge in [-0.25, -0.2) is 13.4 Å². The van der Waals surface area contributed by atoms with Crippen LogP contribution in [-0.2, 0) is 10.0 Å². The van der Waals surface area contributed by atoms with E-state index in [0.29, 0.717) is 17.3 Å². The molecule has 0 spiro atoms. The van der Waals surface area contributed by atoms with Gasteiger partial charge >= 0.3 is 0 Å². The SMILES string of the molecule is Cc1ncc(S(=O)(=O)N2CCC(C(C)N)C2)s1.Cl. The van der Waals surface area contributed by atoms with Crippen molar-refractivity contribution in [3.05, 3.63) is 11.2 Å². The molecule has 1 saturated heterocycles. The Morgan fingerprint density at radius 1 is 1.61 bits per heavy atom. The van der Waals surface area contributed by atoms with Gasteiger partial charge in [-0.3, -0.25) is 0 Å². The molecule has 1 fully saturated rings. The standard InChI is InChI=1S/C10H17N3O2S2.ClH/c1-7(11)9-3-4-13(6-9)17(14,15)10-5-12-8(2)16-10;/h5,7,9H,3-4,6,11H2,1-2H3;1H. The van der Waals surface area contributed by atoms with E-state index < -0.39 is 10.0 Å². The lowest BCUT2D eigenvalue weighted by molar-refractivity contribution is 0.430. The van der Waals surface area contributed by atoms with Crippen LogP contribution in [0.5, 0.6) is 0 Å². The van der Waals surface area contributed by atoms with Crippen LogP contribution < -0.4 is 5.73 Å². The predicted molar refractivity (Wildman–Crippen MR) is 74.6 cm³/mol. The Balaban J connectivity index is 0.00000162. The minimum absolute atomic E-state index is 0. The van der Waals surface area contributed by atoms with Gasteiger partial charge in [-0.15, -0.1) is 23.7 Å². The summed E-state index contributed by atoms with van der Waals surface area (Å²) in [6.45, 7) is 4.82. The van der Waals surface area contributed by atoms with Gasteiger partial charge in [-0.1, -0.05) is 0 Å². The first-order valence-corrected chi connectivity index (χ1v) is 7.85. The van der Waals surface area contributed by atoms with E-state index in [1.54, 1.807) is 6.92 Å². The number of nitrogens with two attached hydrogens (primary N) is 1. The van der Waals surface area contributed by atoms with Crippen LogP contribution in [0.3, 0.4) is 0 Å². The van der Waals surface area contributed by atoms with Crippen LogP contribution in [0.4, 0.5) is 0 Å². The number of hydrogen-bond acceptors (Lipinski definition) is 5. The number of aromatic nitrogens is 1. The highest BCUT2D eigenvalue weighted by molar-refractivity contribution is 7.91. The fraction of sp³-hybridized carbons (Fsp3) is 0.700. The van der Waals surface area contributed by atoms with Crippen molar-refractivity contribution in [3.8, 4) is 0 Å². The minimum atomic E-state index is -3.35. The lowest BCUT2D eigenvalue weighted by Crippen LogP contribution is -2.32. The van der Waals surface area contributed by atoms with Crippen molar-refractivity contribution in [2.45, 2.75) is 30.5 Å². The molecule has 2 N–H and O–H groups in total. The Bertz CT molecular complexity index is 501. The molecular formula is C10H18ClN3O2S2. The summed E-state index contributed by atoms with van der Waals surface area (Å²) < 4.78 is 26.4. The molecule has 5 nitrogen and oxygen atoms in total. The summed E-state index contributed by atoms with van der Waals surface area (Å²) in [6, 6.07) is 0.0402. The summed E-state index contributed by atoms with van der Waals surface area (Å²) in [5, 5.41) is 0.770. The van der Waals surface area contributed by atoms with Gasteiger partial charge in [0.15, 0.2) is 4.21 Å². The number of hydrogen-bond donors (Lipinski definition) is 1. The van der Waals surface area contributed by atoms with Crippen LogP contribution >= 0.6 is 23.7 Å². The van der Waals surface area contributed by atoms with Crippen molar-refractivity contribution in [1.29, 1.82) is 0 Å². The van der Waals surface area contributed by atoms with E-state index in [1.165, 1.54) is 21.8 Å². The van der Waals surface area contributed by atoms with Gasteiger partial charge in [0.05, 0.1) is 11.2 Å². The van der Waals surface area contributed by atoms with E-state index in [1.807, 2.05) is 6.92 Å². The maximum Gasteiger partial charge on any atom is 0.254 e. The van der Waals surface area contributed by atoms with Crippen molar-refractivity contribution in [1.82, 2.24) is 9.29 Å². The average Bonchev–Trinajstić information content (AvgIpc) is 2.85. The van der Waals surface area contributed by atoms with Gasteiger partial charge in [-0.2, -0.15) is 4.31 Å². The molecule has 2 heterocycles. The summed E-state index contributed by atoms with van der Waals surface area (Å²) in [5.74, 6) is 0.263. The first kappa shape index (κ1) is 15.8. The molecule has 8 heteroatoms. The lowest BCUT2D eigenvalue weighted by Gasteiger charge is -2.16. The normalized spacial score (nSPS) is 22.7. The molecule has 104 valence electrons. The Morgan fingerprint density at radius 3 is 2.72 bits per heavy atom. The zero-order valence-electron chi connectivity index (χ0n) is 10.4. The number of sulfonamides is 1. The smallest absolute Gasteiger partial charge is 0.254 e. The molecule has 1 aromatic rings.